The summed E-state index contributed by atoms with van der Waals surface area (Å²) in [6.45, 7) is 7.37. The first kappa shape index (κ1) is 18.1. The standard InChI is InChI=1S/C18H20N2O3S/c1-5-23-18(22)14-15-12(3)9-11(2)10-20(15)16(13(4)21)17(14)24-8-6-7-19/h9-10H,5-6,8H2,1-4H3. The summed E-state index contributed by atoms with van der Waals surface area (Å²) in [5, 5.41) is 8.78. The molecule has 0 bridgehead atoms. The number of esters is 1. The van der Waals surface area contributed by atoms with Crippen LogP contribution in [-0.2, 0) is 4.74 Å². The van der Waals surface area contributed by atoms with Crippen molar-refractivity contribution in [2.24, 2.45) is 0 Å². The molecule has 0 fully saturated rings. The van der Waals surface area contributed by atoms with Gasteiger partial charge in [-0.15, -0.1) is 11.8 Å². The summed E-state index contributed by atoms with van der Waals surface area (Å²) in [4.78, 5) is 25.4. The molecule has 0 aliphatic rings. The van der Waals surface area contributed by atoms with Crippen LogP contribution in [0, 0.1) is 25.2 Å². The van der Waals surface area contributed by atoms with Gasteiger partial charge in [-0.25, -0.2) is 4.79 Å². The van der Waals surface area contributed by atoms with Crippen molar-refractivity contribution in [3.8, 4) is 6.07 Å². The van der Waals surface area contributed by atoms with E-state index in [1.165, 1.54) is 18.7 Å². The Morgan fingerprint density at radius 3 is 2.67 bits per heavy atom. The minimum atomic E-state index is -0.436. The number of pyridine rings is 1. The molecule has 0 saturated heterocycles. The molecule has 24 heavy (non-hydrogen) atoms. The fourth-order valence-electron chi connectivity index (χ4n) is 2.80. The van der Waals surface area contributed by atoms with Crippen LogP contribution in [0.1, 0.15) is 52.2 Å². The Morgan fingerprint density at radius 1 is 1.38 bits per heavy atom. The first-order valence-electron chi connectivity index (χ1n) is 7.75. The number of ether oxygens (including phenoxy) is 1. The Morgan fingerprint density at radius 2 is 2.08 bits per heavy atom. The second kappa shape index (κ2) is 7.54. The van der Waals surface area contributed by atoms with Gasteiger partial charge in [-0.2, -0.15) is 5.26 Å². The lowest BCUT2D eigenvalue weighted by molar-refractivity contribution is 0.0525. The summed E-state index contributed by atoms with van der Waals surface area (Å²) >= 11 is 1.36. The Balaban J connectivity index is 2.82. The minimum Gasteiger partial charge on any atom is -0.462 e. The van der Waals surface area contributed by atoms with Crippen LogP contribution in [0.3, 0.4) is 0 Å². The van der Waals surface area contributed by atoms with Gasteiger partial charge in [-0.3, -0.25) is 4.79 Å². The molecule has 0 aliphatic carbocycles. The number of carbonyl (C=O) groups is 2. The summed E-state index contributed by atoms with van der Waals surface area (Å²) in [5.41, 5.74) is 3.50. The van der Waals surface area contributed by atoms with Crippen LogP contribution in [0.4, 0.5) is 0 Å². The van der Waals surface area contributed by atoms with Crippen LogP contribution in [0.15, 0.2) is 17.2 Å². The molecule has 0 unspecified atom stereocenters. The third-order valence-electron chi connectivity index (χ3n) is 3.58. The first-order chi connectivity index (χ1) is 11.4. The predicted molar refractivity (Wildman–Crippen MR) is 93.8 cm³/mol. The number of hydrogen-bond acceptors (Lipinski definition) is 5. The number of Topliss-reactive ketones (excluding diaryl/α,β-unsaturated/α-hetero) is 1. The Hall–Kier alpha value is -2.26. The molecule has 2 rings (SSSR count). The molecule has 0 N–H and O–H groups in total. The van der Waals surface area contributed by atoms with Crippen LogP contribution in [0.5, 0.6) is 0 Å². The van der Waals surface area contributed by atoms with Gasteiger partial charge in [0.15, 0.2) is 5.78 Å². The molecule has 0 aliphatic heterocycles. The fourth-order valence-corrected chi connectivity index (χ4v) is 3.90. The molecule has 2 aromatic rings. The summed E-state index contributed by atoms with van der Waals surface area (Å²) in [6, 6.07) is 4.06. The van der Waals surface area contributed by atoms with Crippen molar-refractivity contribution in [3.63, 3.8) is 0 Å². The highest BCUT2D eigenvalue weighted by molar-refractivity contribution is 7.99. The molecular formula is C18H20N2O3S. The Labute approximate surface area is 145 Å². The van der Waals surface area contributed by atoms with Crippen molar-refractivity contribution in [1.82, 2.24) is 4.40 Å². The number of aryl methyl sites for hydroxylation is 2. The molecule has 0 aromatic carbocycles. The lowest BCUT2D eigenvalue weighted by Crippen LogP contribution is -2.06. The molecule has 2 heterocycles. The summed E-state index contributed by atoms with van der Waals surface area (Å²) in [5.74, 6) is -0.0446. The molecule has 0 saturated carbocycles. The minimum absolute atomic E-state index is 0.120. The van der Waals surface area contributed by atoms with E-state index in [1.54, 1.807) is 11.3 Å². The molecule has 0 radical (unpaired) electrons. The van der Waals surface area contributed by atoms with E-state index in [1.807, 2.05) is 26.1 Å². The summed E-state index contributed by atoms with van der Waals surface area (Å²) in [7, 11) is 0. The average Bonchev–Trinajstić information content (AvgIpc) is 2.82. The van der Waals surface area contributed by atoms with Gasteiger partial charge >= 0.3 is 5.97 Å². The quantitative estimate of drug-likeness (QED) is 0.343. The van der Waals surface area contributed by atoms with Gasteiger partial charge in [0.1, 0.15) is 5.69 Å². The number of thioether (sulfide) groups is 1. The van der Waals surface area contributed by atoms with E-state index in [0.29, 0.717) is 33.8 Å². The normalized spacial score (nSPS) is 10.6. The SMILES string of the molecule is CCOC(=O)c1c(SCCC#N)c(C(C)=O)n2cc(C)cc(C)c12. The van der Waals surface area contributed by atoms with Crippen molar-refractivity contribution >= 4 is 29.0 Å². The van der Waals surface area contributed by atoms with Crippen LogP contribution in [-0.4, -0.2) is 28.5 Å². The number of ketones is 1. The highest BCUT2D eigenvalue weighted by Crippen LogP contribution is 2.35. The van der Waals surface area contributed by atoms with Gasteiger partial charge in [0.2, 0.25) is 0 Å². The topological polar surface area (TPSA) is 71.6 Å². The van der Waals surface area contributed by atoms with Crippen molar-refractivity contribution in [2.75, 3.05) is 12.4 Å². The highest BCUT2D eigenvalue weighted by atomic mass is 32.2. The smallest absolute Gasteiger partial charge is 0.341 e. The third-order valence-corrected chi connectivity index (χ3v) is 4.68. The maximum absolute atomic E-state index is 12.6. The van der Waals surface area contributed by atoms with Gasteiger partial charge in [0.25, 0.3) is 0 Å². The summed E-state index contributed by atoms with van der Waals surface area (Å²) in [6.07, 6.45) is 2.20. The highest BCUT2D eigenvalue weighted by Gasteiger charge is 2.27. The molecule has 126 valence electrons. The molecule has 2 aromatic heterocycles. The maximum atomic E-state index is 12.6. The van der Waals surface area contributed by atoms with Crippen LogP contribution >= 0.6 is 11.8 Å². The van der Waals surface area contributed by atoms with Gasteiger partial charge in [0, 0.05) is 25.3 Å². The molecule has 0 atom stereocenters. The van der Waals surface area contributed by atoms with Crippen LogP contribution in [0.2, 0.25) is 0 Å². The zero-order chi connectivity index (χ0) is 17.9. The number of nitriles is 1. The first-order valence-corrected chi connectivity index (χ1v) is 8.74. The number of hydrogen-bond donors (Lipinski definition) is 0. The number of rotatable bonds is 6. The van der Waals surface area contributed by atoms with E-state index in [2.05, 4.69) is 6.07 Å². The predicted octanol–water partition coefficient (Wildman–Crippen LogP) is 3.94. The van der Waals surface area contributed by atoms with Gasteiger partial charge in [-0.05, 0) is 31.9 Å². The van der Waals surface area contributed by atoms with Gasteiger partial charge < -0.3 is 9.14 Å². The fraction of sp³-hybridized carbons (Fsp3) is 0.389. The largest absolute Gasteiger partial charge is 0.462 e. The van der Waals surface area contributed by atoms with E-state index in [0.717, 1.165) is 11.1 Å². The lowest BCUT2D eigenvalue weighted by atomic mass is 10.1. The molecule has 0 spiro atoms. The zero-order valence-corrected chi connectivity index (χ0v) is 15.1. The van der Waals surface area contributed by atoms with Crippen molar-refractivity contribution in [2.45, 2.75) is 39.0 Å². The second-order valence-corrected chi connectivity index (χ2v) is 6.61. The van der Waals surface area contributed by atoms with Gasteiger partial charge in [0.05, 0.1) is 28.7 Å². The van der Waals surface area contributed by atoms with E-state index >= 15 is 0 Å². The number of carbonyl (C=O) groups excluding carboxylic acids is 2. The number of nitrogens with zero attached hydrogens (tertiary/aromatic N) is 2. The summed E-state index contributed by atoms with van der Waals surface area (Å²) < 4.78 is 7.01. The monoisotopic (exact) mass is 344 g/mol. The maximum Gasteiger partial charge on any atom is 0.341 e. The second-order valence-electron chi connectivity index (χ2n) is 5.51. The zero-order valence-electron chi connectivity index (χ0n) is 14.3. The number of aromatic nitrogens is 1. The Kier molecular flexibility index (Phi) is 5.68. The van der Waals surface area contributed by atoms with Gasteiger partial charge in [-0.1, -0.05) is 6.07 Å². The van der Waals surface area contributed by atoms with Crippen molar-refractivity contribution < 1.29 is 14.3 Å². The van der Waals surface area contributed by atoms with E-state index in [4.69, 9.17) is 10.00 Å². The molecular weight excluding hydrogens is 324 g/mol. The van der Waals surface area contributed by atoms with E-state index in [9.17, 15) is 9.59 Å². The third kappa shape index (κ3) is 3.31. The number of fused-ring (bicyclic) bond motifs is 1. The lowest BCUT2D eigenvalue weighted by Gasteiger charge is -2.06. The van der Waals surface area contributed by atoms with E-state index < -0.39 is 5.97 Å². The van der Waals surface area contributed by atoms with Crippen LogP contribution < -0.4 is 0 Å². The molecule has 6 heteroatoms. The van der Waals surface area contributed by atoms with Crippen molar-refractivity contribution in [1.29, 1.82) is 5.26 Å². The van der Waals surface area contributed by atoms with E-state index in [-0.39, 0.29) is 12.4 Å². The van der Waals surface area contributed by atoms with Crippen LogP contribution in [0.25, 0.3) is 5.52 Å². The molecule has 5 nitrogen and oxygen atoms in total. The molecule has 0 amide bonds. The Bertz CT molecular complexity index is 846. The van der Waals surface area contributed by atoms with Crippen molar-refractivity contribution in [3.05, 3.63) is 34.6 Å². The average molecular weight is 344 g/mol.